The maximum absolute atomic E-state index is 14.6. The molecule has 0 unspecified atom stereocenters. The molecule has 5 rings (SSSR count). The fourth-order valence-electron chi connectivity index (χ4n) is 11.4. The molecule has 71 heavy (non-hydrogen) atoms. The van der Waals surface area contributed by atoms with Gasteiger partial charge in [-0.2, -0.15) is 4.31 Å². The fraction of sp³-hybridized carbons (Fsp3) is 0.863. The lowest BCUT2D eigenvalue weighted by Gasteiger charge is -2.53. The summed E-state index contributed by atoms with van der Waals surface area (Å²) in [7, 11) is -1.25. The van der Waals surface area contributed by atoms with Crippen LogP contribution in [-0.4, -0.2) is 192 Å². The van der Waals surface area contributed by atoms with Gasteiger partial charge in [-0.1, -0.05) is 38.8 Å². The molecular weight excluding hydrogens is 960 g/mol. The Morgan fingerprint density at radius 3 is 2.23 bits per heavy atom. The first-order valence-corrected chi connectivity index (χ1v) is 27.8. The van der Waals surface area contributed by atoms with Crippen LogP contribution in [0.5, 0.6) is 0 Å². The van der Waals surface area contributed by atoms with Gasteiger partial charge in [0.25, 0.3) is 0 Å². The van der Waals surface area contributed by atoms with E-state index in [1.54, 1.807) is 55.4 Å². The van der Waals surface area contributed by atoms with Crippen molar-refractivity contribution in [2.45, 2.75) is 215 Å². The highest BCUT2D eigenvalue weighted by molar-refractivity contribution is 7.89. The van der Waals surface area contributed by atoms with E-state index >= 15 is 0 Å². The maximum Gasteiger partial charge on any atom is 0.311 e. The van der Waals surface area contributed by atoms with Gasteiger partial charge in [0, 0.05) is 44.1 Å². The van der Waals surface area contributed by atoms with Crippen molar-refractivity contribution < 1.29 is 67.2 Å². The predicted molar refractivity (Wildman–Crippen MR) is 269 cm³/mol. The molecule has 0 aromatic heterocycles. The van der Waals surface area contributed by atoms with Gasteiger partial charge in [0.1, 0.15) is 35.1 Å². The van der Waals surface area contributed by atoms with Gasteiger partial charge < -0.3 is 69.5 Å². The maximum atomic E-state index is 14.6. The first kappa shape index (κ1) is 60.2. The van der Waals surface area contributed by atoms with E-state index in [2.05, 4.69) is 15.5 Å². The standard InChI is InChI=1S/C51H89ClN4O14S/c1-13-40-50(10,61)44(58)35(6)54-29-31(2)27-48(8,60)45(70-47-42(57)39(26-32(3)66-47)55(11)71(63,64)38-20-18-37(52)19-21-38)33(4)43(34(5)46(59)68-40)69-41-28-49(9,65-12)51(62,36(7)67-41)30-53-22-17-25-56-23-15-14-16-24-56/h18-21,31-36,39-45,47,53-54,57-58,60-62H,13-17,22-30H2,1-12H3/t31-,32-,33+,34-,35-,36+,39+,40-,41+,42-,43+,44-,45-,47+,48-,49-,50-,51+/m1/s1. The monoisotopic (exact) mass is 1050 g/mol. The van der Waals surface area contributed by atoms with E-state index in [-0.39, 0.29) is 49.6 Å². The van der Waals surface area contributed by atoms with Gasteiger partial charge in [0.2, 0.25) is 10.0 Å². The number of esters is 1. The van der Waals surface area contributed by atoms with Gasteiger partial charge in [0.15, 0.2) is 12.6 Å². The number of aliphatic hydroxyl groups excluding tert-OH is 2. The fourth-order valence-corrected chi connectivity index (χ4v) is 12.9. The molecule has 0 amide bonds. The summed E-state index contributed by atoms with van der Waals surface area (Å²) in [5.41, 5.74) is -6.39. The van der Waals surface area contributed by atoms with Crippen molar-refractivity contribution >= 4 is 27.6 Å². The van der Waals surface area contributed by atoms with Crippen molar-refractivity contribution in [1.29, 1.82) is 0 Å². The predicted octanol–water partition coefficient (Wildman–Crippen LogP) is 3.81. The molecule has 1 aromatic rings. The number of piperidine rings is 1. The highest BCUT2D eigenvalue weighted by atomic mass is 35.5. The van der Waals surface area contributed by atoms with E-state index in [0.29, 0.717) is 11.6 Å². The number of benzene rings is 1. The van der Waals surface area contributed by atoms with Crippen LogP contribution in [0.4, 0.5) is 0 Å². The Morgan fingerprint density at radius 1 is 0.958 bits per heavy atom. The number of carbonyl (C=O) groups excluding carboxylic acids is 1. The topological polar surface area (TPSA) is 238 Å². The van der Waals surface area contributed by atoms with Crippen LogP contribution in [0.3, 0.4) is 0 Å². The number of hydrogen-bond acceptors (Lipinski definition) is 17. The van der Waals surface area contributed by atoms with Gasteiger partial charge in [-0.3, -0.25) is 4.79 Å². The molecule has 18 atom stereocenters. The number of hydrogen-bond donors (Lipinski definition) is 7. The molecule has 410 valence electrons. The Hall–Kier alpha value is -1.63. The summed E-state index contributed by atoms with van der Waals surface area (Å²) in [5, 5.41) is 67.8. The molecule has 4 aliphatic rings. The third kappa shape index (κ3) is 14.1. The smallest absolute Gasteiger partial charge is 0.311 e. The number of carbonyl (C=O) groups is 1. The lowest BCUT2D eigenvalue weighted by atomic mass is 9.75. The lowest BCUT2D eigenvalue weighted by Crippen LogP contribution is -2.70. The Balaban J connectivity index is 1.50. The summed E-state index contributed by atoms with van der Waals surface area (Å²) in [5.74, 6) is -3.16. The number of aliphatic hydroxyl groups is 5. The van der Waals surface area contributed by atoms with Crippen LogP contribution in [0.2, 0.25) is 5.02 Å². The number of sulfonamides is 1. The molecule has 0 aliphatic carbocycles. The third-order valence-corrected chi connectivity index (χ3v) is 18.3. The van der Waals surface area contributed by atoms with Crippen LogP contribution in [0.15, 0.2) is 29.2 Å². The molecule has 1 aromatic carbocycles. The SMILES string of the molecule is CC[C@H]1OC(=O)[C@H](C)[C@@H](O[C@H]2C[C@@](C)(OC)[C@](O)(CNCCCN3CCCCC3)[C@H](C)O2)[C@H](C)[C@@H](O[C@@H]2O[C@H](C)C[C@H](N(C)S(=O)(=O)c3ccc(Cl)cc3)[C@H]2O)[C@](C)(O)C[C@@H](C)CN[C@H](C)[C@@H](O)[C@]1(C)O. The average Bonchev–Trinajstić information content (AvgIpc) is 3.32. The van der Waals surface area contributed by atoms with Gasteiger partial charge in [-0.05, 0) is 150 Å². The van der Waals surface area contributed by atoms with Crippen molar-refractivity contribution in [2.24, 2.45) is 17.8 Å². The normalized spacial score (nSPS) is 42.0. The van der Waals surface area contributed by atoms with Crippen LogP contribution in [-0.2, 0) is 43.2 Å². The van der Waals surface area contributed by atoms with Gasteiger partial charge in [-0.15, -0.1) is 0 Å². The number of likely N-dealkylation sites (N-methyl/N-ethyl adjacent to an activating group) is 1. The van der Waals surface area contributed by atoms with Crippen molar-refractivity contribution in [1.82, 2.24) is 19.8 Å². The van der Waals surface area contributed by atoms with Crippen LogP contribution in [0.25, 0.3) is 0 Å². The van der Waals surface area contributed by atoms with Crippen molar-refractivity contribution in [3.8, 4) is 0 Å². The number of halogens is 1. The molecule has 20 heteroatoms. The minimum Gasteiger partial charge on any atom is -0.459 e. The van der Waals surface area contributed by atoms with Crippen molar-refractivity contribution in [2.75, 3.05) is 53.4 Å². The summed E-state index contributed by atoms with van der Waals surface area (Å²) < 4.78 is 67.9. The number of methoxy groups -OCH3 is 1. The molecule has 0 saturated carbocycles. The molecular formula is C51H89ClN4O14S. The minimum atomic E-state index is -4.15. The van der Waals surface area contributed by atoms with Crippen molar-refractivity contribution in [3.63, 3.8) is 0 Å². The molecule has 4 aliphatic heterocycles. The Morgan fingerprint density at radius 2 is 1.61 bits per heavy atom. The second-order valence-electron chi connectivity index (χ2n) is 22.0. The second kappa shape index (κ2) is 25.0. The molecule has 4 heterocycles. The van der Waals surface area contributed by atoms with E-state index in [1.807, 2.05) is 6.92 Å². The van der Waals surface area contributed by atoms with E-state index < -0.39 is 118 Å². The number of rotatable bonds is 15. The Labute approximate surface area is 428 Å². The highest BCUT2D eigenvalue weighted by Crippen LogP contribution is 2.43. The second-order valence-corrected chi connectivity index (χ2v) is 24.4. The number of nitrogens with zero attached hydrogens (tertiary/aromatic N) is 2. The Bertz CT molecular complexity index is 1950. The average molecular weight is 1050 g/mol. The van der Waals surface area contributed by atoms with Crippen LogP contribution in [0, 0.1) is 17.8 Å². The zero-order valence-electron chi connectivity index (χ0n) is 44.4. The highest BCUT2D eigenvalue weighted by Gasteiger charge is 2.58. The number of nitrogens with one attached hydrogen (secondary N) is 2. The summed E-state index contributed by atoms with van der Waals surface area (Å²) in [6, 6.07) is 4.02. The Kier molecular flexibility index (Phi) is 21.2. The first-order valence-electron chi connectivity index (χ1n) is 25.9. The number of ether oxygens (including phenoxy) is 6. The number of likely N-dealkylation sites (tertiary alicyclic amines) is 1. The van der Waals surface area contributed by atoms with E-state index in [9.17, 15) is 38.7 Å². The summed E-state index contributed by atoms with van der Waals surface area (Å²) in [4.78, 5) is 17.1. The first-order chi connectivity index (χ1) is 33.1. The molecule has 18 nitrogen and oxygen atoms in total. The van der Waals surface area contributed by atoms with Crippen LogP contribution < -0.4 is 10.6 Å². The molecule has 7 N–H and O–H groups in total. The zero-order chi connectivity index (χ0) is 52.9. The minimum absolute atomic E-state index is 0.0177. The number of cyclic esters (lactones) is 1. The zero-order valence-corrected chi connectivity index (χ0v) is 46.0. The van der Waals surface area contributed by atoms with Gasteiger partial charge in [-0.25, -0.2) is 8.42 Å². The largest absolute Gasteiger partial charge is 0.459 e. The third-order valence-electron chi connectivity index (χ3n) is 16.2. The van der Waals surface area contributed by atoms with Crippen LogP contribution in [0.1, 0.15) is 121 Å². The van der Waals surface area contributed by atoms with E-state index in [1.165, 1.54) is 64.6 Å². The summed E-state index contributed by atoms with van der Waals surface area (Å²) in [6.07, 6.45) is -5.64. The molecule has 0 spiro atoms. The lowest BCUT2D eigenvalue weighted by molar-refractivity contribution is -0.336. The van der Waals surface area contributed by atoms with Crippen LogP contribution >= 0.6 is 11.6 Å². The van der Waals surface area contributed by atoms with E-state index in [0.717, 1.165) is 30.4 Å². The summed E-state index contributed by atoms with van der Waals surface area (Å²) >= 11 is 6.08. The molecule has 0 radical (unpaired) electrons. The molecule has 4 saturated heterocycles. The van der Waals surface area contributed by atoms with E-state index in [4.69, 9.17) is 40.0 Å². The van der Waals surface area contributed by atoms with Crippen molar-refractivity contribution in [3.05, 3.63) is 29.3 Å². The molecule has 4 fully saturated rings. The molecule has 0 bridgehead atoms. The van der Waals surface area contributed by atoms with Gasteiger partial charge >= 0.3 is 5.97 Å². The van der Waals surface area contributed by atoms with Gasteiger partial charge in [0.05, 0.1) is 46.9 Å². The quantitative estimate of drug-likeness (QED) is 0.0977. The summed E-state index contributed by atoms with van der Waals surface area (Å²) in [6.45, 7) is 21.3.